The predicted octanol–water partition coefficient (Wildman–Crippen LogP) is 4.75. The van der Waals surface area contributed by atoms with Gasteiger partial charge < -0.3 is 0 Å². The Morgan fingerprint density at radius 1 is 1.36 bits per heavy atom. The summed E-state index contributed by atoms with van der Waals surface area (Å²) in [6.07, 6.45) is 0. The monoisotopic (exact) mass is 242 g/mol. The van der Waals surface area contributed by atoms with E-state index in [1.165, 1.54) is 20.2 Å². The van der Waals surface area contributed by atoms with E-state index in [-0.39, 0.29) is 5.38 Å². The van der Waals surface area contributed by atoms with E-state index in [2.05, 4.69) is 31.4 Å². The Labute approximate surface area is 97.2 Å². The van der Waals surface area contributed by atoms with E-state index in [9.17, 15) is 0 Å². The molecule has 0 radical (unpaired) electrons. The number of alkyl halides is 1. The standard InChI is InChI=1S/C11H11ClS2/c1-7-6-8(2)14-11(7)10(12)9-4-3-5-13-9/h3-6,10H,1-2H3. The summed E-state index contributed by atoms with van der Waals surface area (Å²) in [6.45, 7) is 4.25. The predicted molar refractivity (Wildman–Crippen MR) is 65.8 cm³/mol. The van der Waals surface area contributed by atoms with E-state index in [0.717, 1.165) is 0 Å². The van der Waals surface area contributed by atoms with Crippen molar-refractivity contribution in [1.29, 1.82) is 0 Å². The summed E-state index contributed by atoms with van der Waals surface area (Å²) in [5, 5.41) is 2.11. The zero-order valence-electron chi connectivity index (χ0n) is 8.08. The van der Waals surface area contributed by atoms with E-state index >= 15 is 0 Å². The van der Waals surface area contributed by atoms with Crippen LogP contribution in [0.15, 0.2) is 23.6 Å². The molecule has 1 unspecified atom stereocenters. The maximum atomic E-state index is 6.41. The summed E-state index contributed by atoms with van der Waals surface area (Å²) in [6, 6.07) is 6.34. The van der Waals surface area contributed by atoms with E-state index < -0.39 is 0 Å². The summed E-state index contributed by atoms with van der Waals surface area (Å²) in [7, 11) is 0. The summed E-state index contributed by atoms with van der Waals surface area (Å²) >= 11 is 9.93. The molecule has 2 heterocycles. The van der Waals surface area contributed by atoms with Crippen LogP contribution in [0.1, 0.15) is 25.6 Å². The van der Waals surface area contributed by atoms with E-state index in [0.29, 0.717) is 0 Å². The van der Waals surface area contributed by atoms with E-state index in [1.54, 1.807) is 22.7 Å². The second-order valence-electron chi connectivity index (χ2n) is 3.28. The average molecular weight is 243 g/mol. The lowest BCUT2D eigenvalue weighted by Crippen LogP contribution is -1.87. The van der Waals surface area contributed by atoms with Crippen LogP contribution in [0.5, 0.6) is 0 Å². The van der Waals surface area contributed by atoms with Gasteiger partial charge in [0.2, 0.25) is 0 Å². The first-order valence-corrected chi connectivity index (χ1v) is 6.56. The molecule has 0 saturated heterocycles. The Kier molecular flexibility index (Phi) is 2.96. The van der Waals surface area contributed by atoms with Crippen LogP contribution in [0.2, 0.25) is 0 Å². The molecule has 0 aliphatic carbocycles. The van der Waals surface area contributed by atoms with Gasteiger partial charge >= 0.3 is 0 Å². The molecule has 0 amide bonds. The van der Waals surface area contributed by atoms with Gasteiger partial charge in [-0.15, -0.1) is 34.3 Å². The van der Waals surface area contributed by atoms with Gasteiger partial charge in [0.15, 0.2) is 0 Å². The molecule has 0 bridgehead atoms. The first kappa shape index (κ1) is 10.2. The number of rotatable bonds is 2. The number of hydrogen-bond donors (Lipinski definition) is 0. The molecule has 0 aliphatic heterocycles. The molecule has 2 rings (SSSR count). The molecule has 0 aromatic carbocycles. The lowest BCUT2D eigenvalue weighted by molar-refractivity contribution is 1.20. The molecule has 0 N–H and O–H groups in total. The molecule has 1 atom stereocenters. The molecular formula is C11H11ClS2. The minimum Gasteiger partial charge on any atom is -0.147 e. The van der Waals surface area contributed by atoms with Crippen molar-refractivity contribution in [2.45, 2.75) is 19.2 Å². The van der Waals surface area contributed by atoms with Gasteiger partial charge in [-0.25, -0.2) is 0 Å². The maximum Gasteiger partial charge on any atom is 0.102 e. The summed E-state index contributed by atoms with van der Waals surface area (Å²) in [4.78, 5) is 3.85. The Hall–Kier alpha value is -0.310. The molecular weight excluding hydrogens is 232 g/mol. The second-order valence-corrected chi connectivity index (χ2v) is 5.99. The summed E-state index contributed by atoms with van der Waals surface area (Å²) in [5.74, 6) is 0. The normalized spacial score (nSPS) is 13.1. The van der Waals surface area contributed by atoms with Gasteiger partial charge in [0, 0.05) is 14.6 Å². The van der Waals surface area contributed by atoms with Crippen molar-refractivity contribution >= 4 is 34.3 Å². The third-order valence-corrected chi connectivity index (χ3v) is 4.97. The Morgan fingerprint density at radius 2 is 2.14 bits per heavy atom. The first-order chi connectivity index (χ1) is 6.68. The number of aryl methyl sites for hydroxylation is 2. The van der Waals surface area contributed by atoms with Crippen LogP contribution in [0, 0.1) is 13.8 Å². The number of hydrogen-bond acceptors (Lipinski definition) is 2. The first-order valence-electron chi connectivity index (χ1n) is 4.43. The molecule has 74 valence electrons. The fourth-order valence-corrected chi connectivity index (χ4v) is 3.82. The highest BCUT2D eigenvalue weighted by molar-refractivity contribution is 7.13. The van der Waals surface area contributed by atoms with Crippen LogP contribution in [-0.4, -0.2) is 0 Å². The molecule has 0 saturated carbocycles. The Balaban J connectivity index is 2.36. The molecule has 0 fully saturated rings. The van der Waals surface area contributed by atoms with Gasteiger partial charge in [-0.3, -0.25) is 0 Å². The highest BCUT2D eigenvalue weighted by Gasteiger charge is 2.16. The lowest BCUT2D eigenvalue weighted by Gasteiger charge is -2.05. The van der Waals surface area contributed by atoms with Crippen molar-refractivity contribution in [1.82, 2.24) is 0 Å². The summed E-state index contributed by atoms with van der Waals surface area (Å²) < 4.78 is 0. The van der Waals surface area contributed by atoms with Crippen LogP contribution in [-0.2, 0) is 0 Å². The zero-order valence-corrected chi connectivity index (χ0v) is 10.5. The third kappa shape index (κ3) is 1.88. The molecule has 2 aromatic rings. The smallest absolute Gasteiger partial charge is 0.102 e. The van der Waals surface area contributed by atoms with Crippen molar-refractivity contribution in [3.8, 4) is 0 Å². The lowest BCUT2D eigenvalue weighted by atomic mass is 10.2. The van der Waals surface area contributed by atoms with Gasteiger partial charge in [-0.05, 0) is 36.9 Å². The molecule has 0 aliphatic rings. The quantitative estimate of drug-likeness (QED) is 0.667. The van der Waals surface area contributed by atoms with Crippen molar-refractivity contribution in [3.05, 3.63) is 43.8 Å². The van der Waals surface area contributed by atoms with Gasteiger partial charge in [0.05, 0.1) is 0 Å². The maximum absolute atomic E-state index is 6.41. The average Bonchev–Trinajstić information content (AvgIpc) is 2.73. The topological polar surface area (TPSA) is 0 Å². The fourth-order valence-electron chi connectivity index (χ4n) is 1.48. The highest BCUT2D eigenvalue weighted by atomic mass is 35.5. The van der Waals surface area contributed by atoms with Crippen molar-refractivity contribution in [2.24, 2.45) is 0 Å². The van der Waals surface area contributed by atoms with Crippen LogP contribution >= 0.6 is 34.3 Å². The summed E-state index contributed by atoms with van der Waals surface area (Å²) in [5.41, 5.74) is 1.31. The molecule has 0 spiro atoms. The minimum atomic E-state index is 0.0358. The minimum absolute atomic E-state index is 0.0358. The molecule has 0 nitrogen and oxygen atoms in total. The van der Waals surface area contributed by atoms with Crippen LogP contribution in [0.3, 0.4) is 0 Å². The van der Waals surface area contributed by atoms with Crippen molar-refractivity contribution in [2.75, 3.05) is 0 Å². The largest absolute Gasteiger partial charge is 0.147 e. The number of thiophene rings is 2. The van der Waals surface area contributed by atoms with E-state index in [4.69, 9.17) is 11.6 Å². The zero-order chi connectivity index (χ0) is 10.1. The van der Waals surface area contributed by atoms with Gasteiger partial charge in [-0.2, -0.15) is 0 Å². The SMILES string of the molecule is Cc1cc(C)c(C(Cl)c2cccs2)s1. The van der Waals surface area contributed by atoms with Gasteiger partial charge in [-0.1, -0.05) is 6.07 Å². The molecule has 2 aromatic heterocycles. The third-order valence-electron chi connectivity index (χ3n) is 2.10. The fraction of sp³-hybridized carbons (Fsp3) is 0.273. The van der Waals surface area contributed by atoms with E-state index in [1.807, 2.05) is 6.07 Å². The Bertz CT molecular complexity index is 414. The van der Waals surface area contributed by atoms with Crippen LogP contribution in [0.4, 0.5) is 0 Å². The van der Waals surface area contributed by atoms with Crippen molar-refractivity contribution in [3.63, 3.8) is 0 Å². The van der Waals surface area contributed by atoms with Gasteiger partial charge in [0.1, 0.15) is 5.38 Å². The highest BCUT2D eigenvalue weighted by Crippen LogP contribution is 2.38. The van der Waals surface area contributed by atoms with Gasteiger partial charge in [0.25, 0.3) is 0 Å². The number of halogens is 1. The second kappa shape index (κ2) is 4.05. The Morgan fingerprint density at radius 3 is 2.64 bits per heavy atom. The van der Waals surface area contributed by atoms with Crippen LogP contribution < -0.4 is 0 Å². The van der Waals surface area contributed by atoms with Crippen molar-refractivity contribution < 1.29 is 0 Å². The molecule has 14 heavy (non-hydrogen) atoms. The van der Waals surface area contributed by atoms with Crippen LogP contribution in [0.25, 0.3) is 0 Å². The molecule has 3 heteroatoms.